The van der Waals surface area contributed by atoms with Crippen LogP contribution < -0.4 is 10.6 Å². The Morgan fingerprint density at radius 2 is 1.06 bits per heavy atom. The van der Waals surface area contributed by atoms with Gasteiger partial charge in [0.15, 0.2) is 0 Å². The minimum atomic E-state index is -0.613. The van der Waals surface area contributed by atoms with Crippen LogP contribution in [0, 0.1) is 0 Å². The molecule has 2 aliphatic rings. The quantitative estimate of drug-likeness (QED) is 0.219. The van der Waals surface area contributed by atoms with E-state index in [9.17, 15) is 0 Å². The molecule has 0 aromatic heterocycles. The van der Waals surface area contributed by atoms with E-state index in [1.54, 1.807) is 0 Å². The van der Waals surface area contributed by atoms with Gasteiger partial charge in [-0.3, -0.25) is 0 Å². The van der Waals surface area contributed by atoms with E-state index in [0.717, 1.165) is 25.7 Å². The number of benzene rings is 4. The van der Waals surface area contributed by atoms with Crippen LogP contribution in [0.5, 0.6) is 0 Å². The van der Waals surface area contributed by atoms with Crippen molar-refractivity contribution >= 4 is 32.7 Å². The summed E-state index contributed by atoms with van der Waals surface area (Å²) in [5.74, 6) is 0. The third-order valence-electron chi connectivity index (χ3n) is 7.16. The molecular formula is C30H26BrP. The summed E-state index contributed by atoms with van der Waals surface area (Å²) in [5, 5.41) is 3.02. The van der Waals surface area contributed by atoms with Crippen molar-refractivity contribution in [2.24, 2.45) is 0 Å². The van der Waals surface area contributed by atoms with Gasteiger partial charge in [0.2, 0.25) is 0 Å². The van der Waals surface area contributed by atoms with Gasteiger partial charge < -0.3 is 0 Å². The zero-order chi connectivity index (χ0) is 21.8. The lowest BCUT2D eigenvalue weighted by Crippen LogP contribution is -2.17. The van der Waals surface area contributed by atoms with Gasteiger partial charge in [0, 0.05) is 6.62 Å². The van der Waals surface area contributed by atoms with Crippen LogP contribution in [0.2, 0.25) is 0 Å². The molecule has 0 heterocycles. The van der Waals surface area contributed by atoms with Crippen LogP contribution >= 0.6 is 22.1 Å². The van der Waals surface area contributed by atoms with Gasteiger partial charge in [0.25, 0.3) is 0 Å². The maximum Gasteiger partial charge on any atom is 0.0272 e. The van der Waals surface area contributed by atoms with Gasteiger partial charge in [-0.2, -0.15) is 0 Å². The minimum Gasteiger partial charge on any atom is -0.0619 e. The Morgan fingerprint density at radius 3 is 1.50 bits per heavy atom. The fourth-order valence-corrected chi connectivity index (χ4v) is 9.01. The lowest BCUT2D eigenvalue weighted by molar-refractivity contribution is 1.14. The maximum absolute atomic E-state index is 4.28. The van der Waals surface area contributed by atoms with Gasteiger partial charge >= 0.3 is 0 Å². The topological polar surface area (TPSA) is 0 Å². The molecule has 0 saturated heterocycles. The van der Waals surface area contributed by atoms with Crippen molar-refractivity contribution in [2.75, 3.05) is 0 Å². The minimum absolute atomic E-state index is 0.613. The first kappa shape index (κ1) is 20.4. The average molecular weight is 497 g/mol. The highest BCUT2D eigenvalue weighted by atomic mass is 79.9. The molecule has 6 rings (SSSR count). The third-order valence-corrected chi connectivity index (χ3v) is 11.1. The lowest BCUT2D eigenvalue weighted by Gasteiger charge is -2.21. The Morgan fingerprint density at radius 1 is 0.625 bits per heavy atom. The first-order valence-electron chi connectivity index (χ1n) is 11.6. The number of hydrogen-bond acceptors (Lipinski definition) is 0. The second kappa shape index (κ2) is 7.98. The molecule has 2 heteroatoms. The van der Waals surface area contributed by atoms with Gasteiger partial charge in [-0.1, -0.05) is 74.5 Å². The van der Waals surface area contributed by atoms with E-state index in [4.69, 9.17) is 0 Å². The third kappa shape index (κ3) is 3.13. The summed E-state index contributed by atoms with van der Waals surface area (Å²) in [7, 11) is 0. The first-order chi connectivity index (χ1) is 15.7. The fraction of sp³-hybridized carbons (Fsp3) is 0.200. The molecule has 0 radical (unpaired) electrons. The van der Waals surface area contributed by atoms with E-state index in [0.29, 0.717) is 0 Å². The molecule has 158 valence electrons. The molecule has 0 amide bonds. The van der Waals surface area contributed by atoms with Crippen LogP contribution in [0.1, 0.15) is 47.2 Å². The molecule has 0 nitrogen and oxygen atoms in total. The normalized spacial score (nSPS) is 13.1. The van der Waals surface area contributed by atoms with Crippen LogP contribution in [0.15, 0.2) is 72.8 Å². The highest BCUT2D eigenvalue weighted by Gasteiger charge is 2.29. The van der Waals surface area contributed by atoms with Crippen molar-refractivity contribution in [1.82, 2.24) is 0 Å². The predicted octanol–water partition coefficient (Wildman–Crippen LogP) is 7.70. The van der Waals surface area contributed by atoms with E-state index in [-0.39, 0.29) is 0 Å². The van der Waals surface area contributed by atoms with E-state index in [1.165, 1.54) is 66.2 Å². The molecule has 0 atom stereocenters. The van der Waals surface area contributed by atoms with Crippen LogP contribution in [-0.2, 0) is 25.7 Å². The summed E-state index contributed by atoms with van der Waals surface area (Å²) in [6, 6.07) is 27.7. The number of aryl methyl sites for hydroxylation is 2. The summed E-state index contributed by atoms with van der Waals surface area (Å²) in [4.78, 5) is 0. The average Bonchev–Trinajstić information content (AvgIpc) is 3.40. The predicted molar refractivity (Wildman–Crippen MR) is 143 cm³/mol. The number of hydrogen-bond donors (Lipinski definition) is 0. The molecule has 4 aromatic carbocycles. The summed E-state index contributed by atoms with van der Waals surface area (Å²) in [6.45, 7) is 3.93. The van der Waals surface area contributed by atoms with Crippen LogP contribution in [0.3, 0.4) is 0 Å². The Hall–Kier alpha value is -2.21. The Balaban J connectivity index is 1.54. The maximum atomic E-state index is 4.28. The Bertz CT molecular complexity index is 1260. The monoisotopic (exact) mass is 496 g/mol. The summed E-state index contributed by atoms with van der Waals surface area (Å²) in [5.41, 5.74) is 14.6. The second-order valence-corrected chi connectivity index (χ2v) is 12.6. The van der Waals surface area contributed by atoms with Gasteiger partial charge in [-0.25, -0.2) is 0 Å². The molecule has 0 spiro atoms. The second-order valence-electron chi connectivity index (χ2n) is 8.94. The highest BCUT2D eigenvalue weighted by molar-refractivity contribution is 9.40. The molecule has 0 bridgehead atoms. The van der Waals surface area contributed by atoms with Crippen molar-refractivity contribution in [3.8, 4) is 22.3 Å². The molecule has 2 aliphatic carbocycles. The van der Waals surface area contributed by atoms with Crippen LogP contribution in [-0.4, -0.2) is 0 Å². The lowest BCUT2D eigenvalue weighted by atomic mass is 10.0. The zero-order valence-corrected chi connectivity index (χ0v) is 21.1. The standard InChI is InChI=1S/C30H26BrP/c1-3-19-13-25-23-11-7-5-9-21(23)17-27(25)29(15-19)32(31)30-16-20(4-2)14-26-24-12-8-6-10-22(24)18-28(26)30/h5-16H,3-4,17-18H2,1-2H3. The SMILES string of the molecule is CCc1cc2c(c(P(Br)c3cc(CC)cc4c3Cc3ccccc3-4)c1)Cc1ccccc1-2. The fourth-order valence-electron chi connectivity index (χ4n) is 5.43. The summed E-state index contributed by atoms with van der Waals surface area (Å²) >= 11 is 4.28. The van der Waals surface area contributed by atoms with Gasteiger partial charge in [-0.15, -0.1) is 0 Å². The first-order valence-corrected chi connectivity index (χ1v) is 15.0. The number of rotatable bonds is 4. The molecule has 0 N–H and O–H groups in total. The molecule has 0 saturated carbocycles. The highest BCUT2D eigenvalue weighted by Crippen LogP contribution is 2.50. The molecule has 4 aromatic rings. The molecule has 0 unspecified atom stereocenters. The van der Waals surface area contributed by atoms with E-state index in [2.05, 4.69) is 102 Å². The van der Waals surface area contributed by atoms with Crippen LogP contribution in [0.25, 0.3) is 22.3 Å². The Labute approximate surface area is 200 Å². The molecule has 32 heavy (non-hydrogen) atoms. The zero-order valence-electron chi connectivity index (χ0n) is 18.6. The Kier molecular flexibility index (Phi) is 5.09. The summed E-state index contributed by atoms with van der Waals surface area (Å²) in [6.07, 6.45) is 4.23. The largest absolute Gasteiger partial charge is 0.0619 e. The van der Waals surface area contributed by atoms with E-state index < -0.39 is 6.62 Å². The molecular weight excluding hydrogens is 471 g/mol. The van der Waals surface area contributed by atoms with Crippen molar-refractivity contribution in [2.45, 2.75) is 39.5 Å². The van der Waals surface area contributed by atoms with Crippen molar-refractivity contribution in [3.63, 3.8) is 0 Å². The van der Waals surface area contributed by atoms with Gasteiger partial charge in [0.05, 0.1) is 0 Å². The van der Waals surface area contributed by atoms with Gasteiger partial charge in [0.1, 0.15) is 0 Å². The van der Waals surface area contributed by atoms with Gasteiger partial charge in [-0.05, 0) is 120 Å². The number of fused-ring (bicyclic) bond motifs is 6. The summed E-state index contributed by atoms with van der Waals surface area (Å²) < 4.78 is 0. The van der Waals surface area contributed by atoms with Crippen LogP contribution in [0.4, 0.5) is 0 Å². The number of halogens is 1. The molecule has 0 aliphatic heterocycles. The smallest absolute Gasteiger partial charge is 0.0272 e. The van der Waals surface area contributed by atoms with E-state index >= 15 is 0 Å². The molecule has 0 fully saturated rings. The van der Waals surface area contributed by atoms with Crippen molar-refractivity contribution < 1.29 is 0 Å². The van der Waals surface area contributed by atoms with Crippen molar-refractivity contribution in [1.29, 1.82) is 0 Å². The van der Waals surface area contributed by atoms with E-state index in [1.807, 2.05) is 0 Å². The van der Waals surface area contributed by atoms with Crippen molar-refractivity contribution in [3.05, 3.63) is 106 Å².